The van der Waals surface area contributed by atoms with E-state index in [4.69, 9.17) is 0 Å². The first-order valence-electron chi connectivity index (χ1n) is 9.41. The number of carbonyl (C=O) groups is 1. The number of hydrogen-bond acceptors (Lipinski definition) is 6. The van der Waals surface area contributed by atoms with Gasteiger partial charge in [0.2, 0.25) is 0 Å². The third-order valence-electron chi connectivity index (χ3n) is 4.70. The predicted octanol–water partition coefficient (Wildman–Crippen LogP) is 4.30. The van der Waals surface area contributed by atoms with Crippen LogP contribution in [0.1, 0.15) is 42.3 Å². The summed E-state index contributed by atoms with van der Waals surface area (Å²) in [4.78, 5) is 33.2. The number of hydrogen-bond donors (Lipinski definition) is 1. The van der Waals surface area contributed by atoms with Gasteiger partial charge in [0, 0.05) is 18.2 Å². The number of amides is 1. The number of nitrogens with zero attached hydrogens (tertiary/aromatic N) is 4. The normalized spacial score (nSPS) is 11.2. The summed E-state index contributed by atoms with van der Waals surface area (Å²) in [5.41, 5.74) is 0.932. The Bertz CT molecular complexity index is 1110. The van der Waals surface area contributed by atoms with Crippen LogP contribution in [0.4, 0.5) is 17.2 Å². The SMILES string of the molecule is CC(C)(C)c1ccc(Cn2nccc2NC(=O)c2cc([N+](=O)[O-])cc([N+](=O)[O-])c2)cc1. The van der Waals surface area contributed by atoms with Crippen LogP contribution in [-0.4, -0.2) is 25.5 Å². The van der Waals surface area contributed by atoms with E-state index >= 15 is 0 Å². The van der Waals surface area contributed by atoms with Gasteiger partial charge in [0.15, 0.2) is 0 Å². The van der Waals surface area contributed by atoms with Gasteiger partial charge in [-0.3, -0.25) is 25.0 Å². The van der Waals surface area contributed by atoms with E-state index in [9.17, 15) is 25.0 Å². The third-order valence-corrected chi connectivity index (χ3v) is 4.70. The summed E-state index contributed by atoms with van der Waals surface area (Å²) >= 11 is 0. The average Bonchev–Trinajstić information content (AvgIpc) is 3.13. The molecule has 1 heterocycles. The van der Waals surface area contributed by atoms with Crippen LogP contribution in [0.2, 0.25) is 0 Å². The van der Waals surface area contributed by atoms with Crippen molar-refractivity contribution in [3.63, 3.8) is 0 Å². The largest absolute Gasteiger partial charge is 0.307 e. The van der Waals surface area contributed by atoms with E-state index in [2.05, 4.69) is 31.2 Å². The summed E-state index contributed by atoms with van der Waals surface area (Å²) < 4.78 is 1.57. The van der Waals surface area contributed by atoms with Crippen molar-refractivity contribution in [1.29, 1.82) is 0 Å². The summed E-state index contributed by atoms with van der Waals surface area (Å²) in [7, 11) is 0. The van der Waals surface area contributed by atoms with Gasteiger partial charge in [-0.15, -0.1) is 0 Å². The first kappa shape index (κ1) is 21.6. The van der Waals surface area contributed by atoms with Gasteiger partial charge < -0.3 is 5.32 Å². The van der Waals surface area contributed by atoms with Crippen molar-refractivity contribution < 1.29 is 14.6 Å². The maximum absolute atomic E-state index is 12.6. The molecule has 0 saturated heterocycles. The molecule has 3 rings (SSSR count). The fraction of sp³-hybridized carbons (Fsp3) is 0.238. The molecule has 0 unspecified atom stereocenters. The van der Waals surface area contributed by atoms with Crippen LogP contribution in [0.25, 0.3) is 0 Å². The molecular weight excluding hydrogens is 402 g/mol. The Hall–Kier alpha value is -4.08. The number of aromatic nitrogens is 2. The molecule has 2 aromatic carbocycles. The zero-order valence-corrected chi connectivity index (χ0v) is 17.2. The van der Waals surface area contributed by atoms with Crippen molar-refractivity contribution in [2.45, 2.75) is 32.7 Å². The van der Waals surface area contributed by atoms with Gasteiger partial charge in [0.1, 0.15) is 5.82 Å². The molecule has 3 aromatic rings. The van der Waals surface area contributed by atoms with Crippen LogP contribution in [0, 0.1) is 20.2 Å². The molecule has 1 amide bonds. The lowest BCUT2D eigenvalue weighted by Crippen LogP contribution is -2.17. The zero-order valence-electron chi connectivity index (χ0n) is 17.2. The molecule has 0 aliphatic rings. The van der Waals surface area contributed by atoms with E-state index in [1.807, 2.05) is 24.3 Å². The van der Waals surface area contributed by atoms with Gasteiger partial charge in [0.25, 0.3) is 17.3 Å². The molecule has 0 radical (unpaired) electrons. The Morgan fingerprint density at radius 3 is 2.10 bits per heavy atom. The number of benzene rings is 2. The zero-order chi connectivity index (χ0) is 22.8. The number of nitrogens with one attached hydrogen (secondary N) is 1. The van der Waals surface area contributed by atoms with Crippen LogP contribution in [-0.2, 0) is 12.0 Å². The monoisotopic (exact) mass is 423 g/mol. The van der Waals surface area contributed by atoms with Crippen molar-refractivity contribution in [1.82, 2.24) is 9.78 Å². The summed E-state index contributed by atoms with van der Waals surface area (Å²) in [6.45, 7) is 6.77. The molecular formula is C21H21N5O5. The van der Waals surface area contributed by atoms with Crippen molar-refractivity contribution in [2.24, 2.45) is 0 Å². The second-order valence-electron chi connectivity index (χ2n) is 8.03. The highest BCUT2D eigenvalue weighted by Crippen LogP contribution is 2.24. The summed E-state index contributed by atoms with van der Waals surface area (Å²) in [6, 6.07) is 12.4. The fourth-order valence-corrected chi connectivity index (χ4v) is 2.97. The van der Waals surface area contributed by atoms with Gasteiger partial charge in [-0.25, -0.2) is 4.68 Å². The van der Waals surface area contributed by atoms with Crippen LogP contribution in [0.5, 0.6) is 0 Å². The summed E-state index contributed by atoms with van der Waals surface area (Å²) in [5, 5.41) is 28.9. The Balaban J connectivity index is 1.81. The number of nitro benzene ring substituents is 2. The summed E-state index contributed by atoms with van der Waals surface area (Å²) in [5.74, 6) is -0.351. The molecule has 0 fully saturated rings. The van der Waals surface area contributed by atoms with Gasteiger partial charge in [0.05, 0.1) is 34.2 Å². The van der Waals surface area contributed by atoms with Crippen molar-refractivity contribution in [2.75, 3.05) is 5.32 Å². The Labute approximate surface area is 177 Å². The molecule has 31 heavy (non-hydrogen) atoms. The van der Waals surface area contributed by atoms with Gasteiger partial charge in [-0.05, 0) is 16.5 Å². The van der Waals surface area contributed by atoms with Crippen molar-refractivity contribution in [3.05, 3.63) is 91.6 Å². The van der Waals surface area contributed by atoms with E-state index in [0.29, 0.717) is 12.4 Å². The Kier molecular flexibility index (Phi) is 5.82. The molecule has 0 bridgehead atoms. The standard InChI is InChI=1S/C21H21N5O5/c1-21(2,3)16-6-4-14(5-7-16)13-24-19(8-9-22-24)23-20(27)15-10-17(25(28)29)12-18(11-15)26(30)31/h4-12H,13H2,1-3H3,(H,23,27). The number of nitro groups is 2. The Morgan fingerprint density at radius 2 is 1.58 bits per heavy atom. The lowest BCUT2D eigenvalue weighted by molar-refractivity contribution is -0.394. The van der Waals surface area contributed by atoms with Crippen molar-refractivity contribution >= 4 is 23.1 Å². The van der Waals surface area contributed by atoms with E-state index < -0.39 is 27.1 Å². The van der Waals surface area contributed by atoms with E-state index in [-0.39, 0.29) is 11.0 Å². The summed E-state index contributed by atoms with van der Waals surface area (Å²) in [6.07, 6.45) is 1.51. The highest BCUT2D eigenvalue weighted by atomic mass is 16.6. The number of carbonyl (C=O) groups excluding carboxylic acids is 1. The van der Waals surface area contributed by atoms with Crippen molar-refractivity contribution in [3.8, 4) is 0 Å². The average molecular weight is 423 g/mol. The number of non-ortho nitro benzene ring substituents is 2. The van der Waals surface area contributed by atoms with Gasteiger partial charge >= 0.3 is 0 Å². The molecule has 0 saturated carbocycles. The maximum atomic E-state index is 12.6. The lowest BCUT2D eigenvalue weighted by atomic mass is 9.87. The molecule has 10 heteroatoms. The van der Waals surface area contributed by atoms with E-state index in [0.717, 1.165) is 23.8 Å². The molecule has 0 atom stereocenters. The van der Waals surface area contributed by atoms with Crippen LogP contribution in [0.15, 0.2) is 54.7 Å². The smallest absolute Gasteiger partial charge is 0.277 e. The second kappa shape index (κ2) is 8.34. The first-order valence-corrected chi connectivity index (χ1v) is 9.41. The van der Waals surface area contributed by atoms with Gasteiger partial charge in [-0.1, -0.05) is 45.0 Å². The minimum atomic E-state index is -0.782. The second-order valence-corrected chi connectivity index (χ2v) is 8.03. The minimum absolute atomic E-state index is 0.0320. The predicted molar refractivity (Wildman–Crippen MR) is 114 cm³/mol. The molecule has 1 N–H and O–H groups in total. The van der Waals surface area contributed by atoms with Crippen LogP contribution < -0.4 is 5.32 Å². The molecule has 0 spiro atoms. The quantitative estimate of drug-likeness (QED) is 0.464. The topological polar surface area (TPSA) is 133 Å². The van der Waals surface area contributed by atoms with Crippen LogP contribution >= 0.6 is 0 Å². The fourth-order valence-electron chi connectivity index (χ4n) is 2.97. The van der Waals surface area contributed by atoms with E-state index in [1.54, 1.807) is 10.7 Å². The highest BCUT2D eigenvalue weighted by Gasteiger charge is 2.21. The maximum Gasteiger partial charge on any atom is 0.277 e. The van der Waals surface area contributed by atoms with E-state index in [1.165, 1.54) is 11.8 Å². The first-order chi connectivity index (χ1) is 14.5. The molecule has 0 aliphatic heterocycles. The van der Waals surface area contributed by atoms with Crippen LogP contribution in [0.3, 0.4) is 0 Å². The third kappa shape index (κ3) is 5.10. The number of anilines is 1. The van der Waals surface area contributed by atoms with Gasteiger partial charge in [-0.2, -0.15) is 5.10 Å². The number of rotatable bonds is 6. The molecule has 10 nitrogen and oxygen atoms in total. The Morgan fingerprint density at radius 1 is 1.00 bits per heavy atom. The molecule has 0 aliphatic carbocycles. The minimum Gasteiger partial charge on any atom is -0.307 e. The molecule has 160 valence electrons. The highest BCUT2D eigenvalue weighted by molar-refractivity contribution is 6.04. The lowest BCUT2D eigenvalue weighted by Gasteiger charge is -2.19. The molecule has 1 aromatic heterocycles.